The van der Waals surface area contributed by atoms with Gasteiger partial charge < -0.3 is 10.4 Å². The predicted octanol–water partition coefficient (Wildman–Crippen LogP) is 3.82. The fraction of sp³-hybridized carbons (Fsp3) is 0.455. The minimum Gasteiger partial charge on any atom is -0.506 e. The number of halogens is 2. The Morgan fingerprint density at radius 3 is 2.88 bits per heavy atom. The van der Waals surface area contributed by atoms with Crippen LogP contribution in [0.4, 0.5) is 0 Å². The Kier molecular flexibility index (Phi) is 5.97. The first-order valence-corrected chi connectivity index (χ1v) is 7.53. The number of benzene rings is 1. The molecule has 5 heteroatoms. The normalized spacial score (nSPS) is 12.8. The molecule has 1 aromatic rings. The van der Waals surface area contributed by atoms with Crippen LogP contribution in [0.2, 0.25) is 5.02 Å². The summed E-state index contributed by atoms with van der Waals surface area (Å²) in [5.74, 6) is 1.21. The summed E-state index contributed by atoms with van der Waals surface area (Å²) in [6.45, 7) is 2.92. The highest BCUT2D eigenvalue weighted by molar-refractivity contribution is 9.10. The second-order valence-corrected chi connectivity index (χ2v) is 5.80. The van der Waals surface area contributed by atoms with Crippen LogP contribution in [0.1, 0.15) is 18.5 Å². The van der Waals surface area contributed by atoms with Crippen LogP contribution in [-0.2, 0) is 0 Å². The molecule has 16 heavy (non-hydrogen) atoms. The van der Waals surface area contributed by atoms with Crippen LogP contribution in [0, 0.1) is 0 Å². The first-order chi connectivity index (χ1) is 7.56. The van der Waals surface area contributed by atoms with Crippen molar-refractivity contribution in [2.75, 3.05) is 18.6 Å². The van der Waals surface area contributed by atoms with E-state index in [4.69, 9.17) is 11.6 Å². The summed E-state index contributed by atoms with van der Waals surface area (Å²) in [6.07, 6.45) is 2.07. The maximum Gasteiger partial charge on any atom is 0.139 e. The van der Waals surface area contributed by atoms with Crippen molar-refractivity contribution < 1.29 is 5.11 Å². The number of hydrogen-bond donors (Lipinski definition) is 2. The molecule has 1 atom stereocenters. The van der Waals surface area contributed by atoms with E-state index in [1.54, 1.807) is 17.8 Å². The molecule has 2 nitrogen and oxygen atoms in total. The zero-order valence-corrected chi connectivity index (χ0v) is 12.4. The minimum atomic E-state index is 0.0853. The Bertz CT molecular complexity index is 362. The topological polar surface area (TPSA) is 32.3 Å². The van der Waals surface area contributed by atoms with Crippen molar-refractivity contribution in [1.29, 1.82) is 0 Å². The largest absolute Gasteiger partial charge is 0.506 e. The molecule has 1 unspecified atom stereocenters. The standard InChI is InChI=1S/C11H15BrClNOS/c1-7(14-3-4-16-2)9-5-8(12)6-10(13)11(9)15/h5-7,14-15H,3-4H2,1-2H3. The van der Waals surface area contributed by atoms with Crippen LogP contribution in [0.25, 0.3) is 0 Å². The molecule has 90 valence electrons. The van der Waals surface area contributed by atoms with Gasteiger partial charge in [-0.3, -0.25) is 0 Å². The van der Waals surface area contributed by atoms with Gasteiger partial charge >= 0.3 is 0 Å². The van der Waals surface area contributed by atoms with Crippen molar-refractivity contribution in [2.45, 2.75) is 13.0 Å². The number of phenols is 1. The molecule has 0 saturated heterocycles. The zero-order chi connectivity index (χ0) is 12.1. The molecule has 0 fully saturated rings. The highest BCUT2D eigenvalue weighted by Crippen LogP contribution is 2.34. The van der Waals surface area contributed by atoms with Crippen LogP contribution >= 0.6 is 39.3 Å². The summed E-state index contributed by atoms with van der Waals surface area (Å²) in [6, 6.07) is 3.66. The third kappa shape index (κ3) is 3.84. The van der Waals surface area contributed by atoms with E-state index in [1.165, 1.54) is 0 Å². The van der Waals surface area contributed by atoms with E-state index >= 15 is 0 Å². The van der Waals surface area contributed by atoms with Gasteiger partial charge in [0.15, 0.2) is 0 Å². The van der Waals surface area contributed by atoms with Crippen molar-refractivity contribution in [1.82, 2.24) is 5.32 Å². The van der Waals surface area contributed by atoms with Crippen molar-refractivity contribution in [3.8, 4) is 5.75 Å². The van der Waals surface area contributed by atoms with Crippen molar-refractivity contribution in [2.24, 2.45) is 0 Å². The molecule has 2 N–H and O–H groups in total. The lowest BCUT2D eigenvalue weighted by Crippen LogP contribution is -2.21. The number of rotatable bonds is 5. The molecule has 0 aliphatic carbocycles. The van der Waals surface area contributed by atoms with Gasteiger partial charge in [-0.2, -0.15) is 11.8 Å². The summed E-state index contributed by atoms with van der Waals surface area (Å²) in [5, 5.41) is 13.6. The van der Waals surface area contributed by atoms with E-state index in [0.29, 0.717) is 5.02 Å². The van der Waals surface area contributed by atoms with Crippen LogP contribution in [-0.4, -0.2) is 23.7 Å². The highest BCUT2D eigenvalue weighted by atomic mass is 79.9. The lowest BCUT2D eigenvalue weighted by atomic mass is 10.1. The third-order valence-corrected chi connectivity index (χ3v) is 3.64. The summed E-state index contributed by atoms with van der Waals surface area (Å²) in [7, 11) is 0. The first kappa shape index (κ1) is 14.2. The van der Waals surface area contributed by atoms with E-state index < -0.39 is 0 Å². The second-order valence-electron chi connectivity index (χ2n) is 3.49. The Morgan fingerprint density at radius 2 is 2.25 bits per heavy atom. The molecule has 0 heterocycles. The maximum absolute atomic E-state index is 9.85. The van der Waals surface area contributed by atoms with E-state index in [9.17, 15) is 5.11 Å². The van der Waals surface area contributed by atoms with Crippen LogP contribution in [0.5, 0.6) is 5.75 Å². The SMILES string of the molecule is CSCCNC(C)c1cc(Br)cc(Cl)c1O. The van der Waals surface area contributed by atoms with E-state index in [1.807, 2.05) is 13.0 Å². The van der Waals surface area contributed by atoms with Gasteiger partial charge in [-0.05, 0) is 25.3 Å². The summed E-state index contributed by atoms with van der Waals surface area (Å²) < 4.78 is 0.879. The third-order valence-electron chi connectivity index (χ3n) is 2.28. The van der Waals surface area contributed by atoms with Crippen molar-refractivity contribution >= 4 is 39.3 Å². The van der Waals surface area contributed by atoms with Crippen molar-refractivity contribution in [3.05, 3.63) is 27.2 Å². The molecular weight excluding hydrogens is 310 g/mol. The Labute approximate surface area is 114 Å². The number of hydrogen-bond acceptors (Lipinski definition) is 3. The van der Waals surface area contributed by atoms with E-state index in [2.05, 4.69) is 27.5 Å². The molecule has 0 aliphatic rings. The summed E-state index contributed by atoms with van der Waals surface area (Å²) in [4.78, 5) is 0. The smallest absolute Gasteiger partial charge is 0.139 e. The van der Waals surface area contributed by atoms with Gasteiger partial charge in [0.25, 0.3) is 0 Å². The van der Waals surface area contributed by atoms with Crippen LogP contribution in [0.3, 0.4) is 0 Å². The molecule has 0 aromatic heterocycles. The molecule has 1 rings (SSSR count). The molecule has 0 radical (unpaired) electrons. The van der Waals surface area contributed by atoms with Gasteiger partial charge in [-0.15, -0.1) is 0 Å². The van der Waals surface area contributed by atoms with Crippen LogP contribution in [0.15, 0.2) is 16.6 Å². The predicted molar refractivity (Wildman–Crippen MR) is 75.6 cm³/mol. The minimum absolute atomic E-state index is 0.0853. The Balaban J connectivity index is 2.78. The Hall–Kier alpha value is 0.1000. The van der Waals surface area contributed by atoms with Gasteiger partial charge in [-0.1, -0.05) is 27.5 Å². The second kappa shape index (κ2) is 6.74. The van der Waals surface area contributed by atoms with Crippen LogP contribution < -0.4 is 5.32 Å². The number of phenolic OH excluding ortho intramolecular Hbond substituents is 1. The van der Waals surface area contributed by atoms with Crippen molar-refractivity contribution in [3.63, 3.8) is 0 Å². The van der Waals surface area contributed by atoms with Gasteiger partial charge in [0.2, 0.25) is 0 Å². The number of nitrogens with one attached hydrogen (secondary N) is 1. The average molecular weight is 325 g/mol. The average Bonchev–Trinajstić information content (AvgIpc) is 2.23. The van der Waals surface area contributed by atoms with E-state index in [0.717, 1.165) is 22.3 Å². The zero-order valence-electron chi connectivity index (χ0n) is 9.26. The molecule has 0 bridgehead atoms. The monoisotopic (exact) mass is 323 g/mol. The molecular formula is C11H15BrClNOS. The van der Waals surface area contributed by atoms with Gasteiger partial charge in [0, 0.05) is 28.4 Å². The lowest BCUT2D eigenvalue weighted by Gasteiger charge is -2.16. The fourth-order valence-corrected chi connectivity index (χ4v) is 2.56. The van der Waals surface area contributed by atoms with Gasteiger partial charge in [0.1, 0.15) is 5.75 Å². The molecule has 1 aromatic carbocycles. The van der Waals surface area contributed by atoms with Gasteiger partial charge in [-0.25, -0.2) is 0 Å². The maximum atomic E-state index is 9.85. The quantitative estimate of drug-likeness (QED) is 0.808. The number of thioether (sulfide) groups is 1. The highest BCUT2D eigenvalue weighted by Gasteiger charge is 2.13. The fourth-order valence-electron chi connectivity index (χ4n) is 1.40. The number of aromatic hydroxyl groups is 1. The summed E-state index contributed by atoms with van der Waals surface area (Å²) >= 11 is 11.1. The molecule has 0 saturated carbocycles. The Morgan fingerprint density at radius 1 is 1.56 bits per heavy atom. The van der Waals surface area contributed by atoms with Gasteiger partial charge in [0.05, 0.1) is 5.02 Å². The van der Waals surface area contributed by atoms with E-state index in [-0.39, 0.29) is 11.8 Å². The molecule has 0 aliphatic heterocycles. The summed E-state index contributed by atoms with van der Waals surface area (Å²) in [5.41, 5.74) is 0.820. The first-order valence-electron chi connectivity index (χ1n) is 4.96. The molecule has 0 spiro atoms. The lowest BCUT2D eigenvalue weighted by molar-refractivity contribution is 0.455. The molecule has 0 amide bonds.